The van der Waals surface area contributed by atoms with Gasteiger partial charge in [0.25, 0.3) is 0 Å². The summed E-state index contributed by atoms with van der Waals surface area (Å²) in [5.74, 6) is 0.503. The first-order valence-electron chi connectivity index (χ1n) is 6.55. The summed E-state index contributed by atoms with van der Waals surface area (Å²) >= 11 is 0. The summed E-state index contributed by atoms with van der Waals surface area (Å²) in [6, 6.07) is 0.200. The maximum Gasteiger partial charge on any atom is 0.223 e. The Morgan fingerprint density at radius 2 is 2.12 bits per heavy atom. The fraction of sp³-hybridized carbons (Fsp3) is 0.923. The van der Waals surface area contributed by atoms with Gasteiger partial charge in [0.05, 0.1) is 0 Å². The number of rotatable bonds is 4. The van der Waals surface area contributed by atoms with Crippen molar-refractivity contribution >= 4 is 5.91 Å². The van der Waals surface area contributed by atoms with Crippen LogP contribution in [0.25, 0.3) is 0 Å². The number of hydrogen-bond acceptors (Lipinski definition) is 3. The number of nitrogens with one attached hydrogen (secondary N) is 1. The molecule has 17 heavy (non-hydrogen) atoms. The summed E-state index contributed by atoms with van der Waals surface area (Å²) in [4.78, 5) is 12.1. The van der Waals surface area contributed by atoms with E-state index in [2.05, 4.69) is 26.1 Å². The van der Waals surface area contributed by atoms with Crippen molar-refractivity contribution < 1.29 is 9.90 Å². The van der Waals surface area contributed by atoms with Crippen molar-refractivity contribution in [2.75, 3.05) is 13.2 Å². The summed E-state index contributed by atoms with van der Waals surface area (Å²) < 4.78 is 0. The second-order valence-electron chi connectivity index (χ2n) is 5.77. The molecule has 4 nitrogen and oxygen atoms in total. The lowest BCUT2D eigenvalue weighted by Gasteiger charge is -2.46. The van der Waals surface area contributed by atoms with E-state index < -0.39 is 0 Å². The molecule has 1 aliphatic rings. The van der Waals surface area contributed by atoms with Gasteiger partial charge >= 0.3 is 0 Å². The number of carbonyl (C=O) groups is 1. The van der Waals surface area contributed by atoms with Gasteiger partial charge in [-0.05, 0) is 30.6 Å². The van der Waals surface area contributed by atoms with Gasteiger partial charge in [-0.15, -0.1) is 0 Å². The molecule has 100 valence electrons. The third-order valence-electron chi connectivity index (χ3n) is 4.45. The van der Waals surface area contributed by atoms with E-state index in [1.807, 2.05) is 0 Å². The van der Waals surface area contributed by atoms with Crippen LogP contribution in [0.1, 0.15) is 40.0 Å². The van der Waals surface area contributed by atoms with Crippen LogP contribution in [0.4, 0.5) is 0 Å². The molecule has 0 aromatic carbocycles. The van der Waals surface area contributed by atoms with Crippen LogP contribution in [0.3, 0.4) is 0 Å². The van der Waals surface area contributed by atoms with E-state index in [0.717, 1.165) is 12.8 Å². The van der Waals surface area contributed by atoms with Crippen LogP contribution < -0.4 is 11.1 Å². The Labute approximate surface area is 104 Å². The number of carbonyl (C=O) groups excluding carboxylic acids is 1. The molecule has 0 spiro atoms. The molecule has 4 N–H and O–H groups in total. The van der Waals surface area contributed by atoms with E-state index in [-0.39, 0.29) is 29.9 Å². The van der Waals surface area contributed by atoms with Crippen LogP contribution in [-0.2, 0) is 4.79 Å². The van der Waals surface area contributed by atoms with Gasteiger partial charge in [-0.25, -0.2) is 0 Å². The van der Waals surface area contributed by atoms with Gasteiger partial charge in [-0.1, -0.05) is 20.8 Å². The van der Waals surface area contributed by atoms with Crippen molar-refractivity contribution in [3.05, 3.63) is 0 Å². The summed E-state index contributed by atoms with van der Waals surface area (Å²) in [5, 5.41) is 11.6. The standard InChI is InChI=1S/C13H26N2O2/c1-9-11(14)6-5-10(13(9,2)3)12(17)15-7-4-8-16/h9-11,16H,4-8,14H2,1-3H3,(H,15,17). The molecule has 0 bridgehead atoms. The predicted molar refractivity (Wildman–Crippen MR) is 68.4 cm³/mol. The third kappa shape index (κ3) is 3.19. The lowest BCUT2D eigenvalue weighted by Crippen LogP contribution is -2.51. The van der Waals surface area contributed by atoms with Crippen LogP contribution >= 0.6 is 0 Å². The Morgan fingerprint density at radius 1 is 1.47 bits per heavy atom. The first-order chi connectivity index (χ1) is 7.91. The highest BCUT2D eigenvalue weighted by molar-refractivity contribution is 5.79. The zero-order valence-corrected chi connectivity index (χ0v) is 11.2. The van der Waals surface area contributed by atoms with E-state index in [1.165, 1.54) is 0 Å². The lowest BCUT2D eigenvalue weighted by atomic mass is 9.61. The van der Waals surface area contributed by atoms with Crippen LogP contribution in [0.15, 0.2) is 0 Å². The minimum absolute atomic E-state index is 0.0380. The number of amides is 1. The van der Waals surface area contributed by atoms with Gasteiger partial charge in [0.2, 0.25) is 5.91 Å². The Balaban J connectivity index is 2.60. The molecular formula is C13H26N2O2. The van der Waals surface area contributed by atoms with Gasteiger partial charge < -0.3 is 16.2 Å². The van der Waals surface area contributed by atoms with Gasteiger partial charge in [-0.2, -0.15) is 0 Å². The highest BCUT2D eigenvalue weighted by Gasteiger charge is 2.44. The average molecular weight is 242 g/mol. The van der Waals surface area contributed by atoms with Crippen molar-refractivity contribution in [3.8, 4) is 0 Å². The SMILES string of the molecule is CC1C(N)CCC(C(=O)NCCCO)C1(C)C. The average Bonchev–Trinajstić information content (AvgIpc) is 2.26. The molecule has 0 heterocycles. The van der Waals surface area contributed by atoms with Crippen molar-refractivity contribution in [1.82, 2.24) is 5.32 Å². The van der Waals surface area contributed by atoms with Crippen molar-refractivity contribution in [1.29, 1.82) is 0 Å². The monoisotopic (exact) mass is 242 g/mol. The Hall–Kier alpha value is -0.610. The summed E-state index contributed by atoms with van der Waals surface area (Å²) in [6.07, 6.45) is 2.40. The molecule has 1 rings (SSSR count). The van der Waals surface area contributed by atoms with Crippen molar-refractivity contribution in [3.63, 3.8) is 0 Å². The van der Waals surface area contributed by atoms with Gasteiger partial charge in [-0.3, -0.25) is 4.79 Å². The zero-order chi connectivity index (χ0) is 13.1. The molecule has 0 radical (unpaired) electrons. The molecule has 1 saturated carbocycles. The smallest absolute Gasteiger partial charge is 0.223 e. The van der Waals surface area contributed by atoms with Crippen molar-refractivity contribution in [2.24, 2.45) is 23.0 Å². The molecule has 0 aromatic rings. The summed E-state index contributed by atoms with van der Waals surface area (Å²) in [5.41, 5.74) is 6.02. The number of aliphatic hydroxyl groups excluding tert-OH is 1. The van der Waals surface area contributed by atoms with Crippen molar-refractivity contribution in [2.45, 2.75) is 46.1 Å². The van der Waals surface area contributed by atoms with Gasteiger partial charge in [0, 0.05) is 25.1 Å². The molecule has 1 fully saturated rings. The van der Waals surface area contributed by atoms with E-state index in [0.29, 0.717) is 18.9 Å². The fourth-order valence-corrected chi connectivity index (χ4v) is 2.73. The summed E-state index contributed by atoms with van der Waals surface area (Å²) in [7, 11) is 0. The Bertz CT molecular complexity index is 266. The number of aliphatic hydroxyl groups is 1. The number of hydrogen-bond donors (Lipinski definition) is 3. The molecule has 0 aliphatic heterocycles. The largest absolute Gasteiger partial charge is 0.396 e. The van der Waals surface area contributed by atoms with Crippen LogP contribution in [0.5, 0.6) is 0 Å². The normalized spacial score (nSPS) is 32.2. The minimum Gasteiger partial charge on any atom is -0.396 e. The van der Waals surface area contributed by atoms with E-state index in [1.54, 1.807) is 0 Å². The first-order valence-corrected chi connectivity index (χ1v) is 6.55. The first kappa shape index (κ1) is 14.5. The molecule has 3 unspecified atom stereocenters. The van der Waals surface area contributed by atoms with Gasteiger partial charge in [0.1, 0.15) is 0 Å². The molecule has 0 saturated heterocycles. The highest BCUT2D eigenvalue weighted by atomic mass is 16.3. The molecule has 4 heteroatoms. The van der Waals surface area contributed by atoms with Gasteiger partial charge in [0.15, 0.2) is 0 Å². The molecule has 3 atom stereocenters. The maximum absolute atomic E-state index is 12.1. The third-order valence-corrected chi connectivity index (χ3v) is 4.45. The zero-order valence-electron chi connectivity index (χ0n) is 11.2. The second-order valence-corrected chi connectivity index (χ2v) is 5.77. The molecule has 0 aromatic heterocycles. The highest BCUT2D eigenvalue weighted by Crippen LogP contribution is 2.44. The summed E-state index contributed by atoms with van der Waals surface area (Å²) in [6.45, 7) is 7.08. The topological polar surface area (TPSA) is 75.4 Å². The number of nitrogens with two attached hydrogens (primary N) is 1. The van der Waals surface area contributed by atoms with Crippen LogP contribution in [0.2, 0.25) is 0 Å². The van der Waals surface area contributed by atoms with Crippen LogP contribution in [-0.4, -0.2) is 30.2 Å². The molecule has 1 aliphatic carbocycles. The molecule has 1 amide bonds. The van der Waals surface area contributed by atoms with Crippen LogP contribution in [0, 0.1) is 17.3 Å². The minimum atomic E-state index is -0.0546. The predicted octanol–water partition coefficient (Wildman–Crippen LogP) is 0.885. The lowest BCUT2D eigenvalue weighted by molar-refractivity contribution is -0.132. The quantitative estimate of drug-likeness (QED) is 0.641. The fourth-order valence-electron chi connectivity index (χ4n) is 2.73. The van der Waals surface area contributed by atoms with E-state index in [4.69, 9.17) is 10.8 Å². The Morgan fingerprint density at radius 3 is 2.71 bits per heavy atom. The van der Waals surface area contributed by atoms with E-state index >= 15 is 0 Å². The van der Waals surface area contributed by atoms with E-state index in [9.17, 15) is 4.79 Å². The Kier molecular flexibility index (Phi) is 4.95. The maximum atomic E-state index is 12.1. The second kappa shape index (κ2) is 5.83. The molecular weight excluding hydrogens is 216 g/mol.